The van der Waals surface area contributed by atoms with Crippen molar-refractivity contribution in [3.05, 3.63) is 30.1 Å². The van der Waals surface area contributed by atoms with Crippen molar-refractivity contribution in [3.8, 4) is 0 Å². The highest BCUT2D eigenvalue weighted by Gasteiger charge is 2.25. The van der Waals surface area contributed by atoms with Gasteiger partial charge in [-0.3, -0.25) is 0 Å². The highest BCUT2D eigenvalue weighted by Crippen LogP contribution is 2.18. The molecule has 0 aromatic heterocycles. The summed E-state index contributed by atoms with van der Waals surface area (Å²) in [6.45, 7) is 4.05. The van der Waals surface area contributed by atoms with Gasteiger partial charge in [-0.15, -0.1) is 0 Å². The lowest BCUT2D eigenvalue weighted by Gasteiger charge is -2.23. The molecule has 1 rings (SSSR count). The number of hydrogen-bond acceptors (Lipinski definition) is 3. The van der Waals surface area contributed by atoms with Gasteiger partial charge in [-0.1, -0.05) is 26.3 Å². The van der Waals surface area contributed by atoms with Gasteiger partial charge in [0.15, 0.2) is 0 Å². The Balaban J connectivity index is 2.81. The third kappa shape index (κ3) is 4.02. The fourth-order valence-electron chi connectivity index (χ4n) is 1.94. The Hall–Kier alpha value is -1.58. The lowest BCUT2D eigenvalue weighted by Crippen LogP contribution is -2.36. The van der Waals surface area contributed by atoms with Crippen LogP contribution in [0.2, 0.25) is 0 Å². The summed E-state index contributed by atoms with van der Waals surface area (Å²) in [6, 6.07) is 5.63. The molecular formula is C14H20FNO2. The first-order valence-electron chi connectivity index (χ1n) is 6.18. The van der Waals surface area contributed by atoms with E-state index in [0.717, 1.165) is 12.8 Å². The highest BCUT2D eigenvalue weighted by molar-refractivity contribution is 5.79. The molecule has 1 aromatic carbocycles. The Morgan fingerprint density at radius 2 is 2.22 bits per heavy atom. The van der Waals surface area contributed by atoms with E-state index in [9.17, 15) is 9.18 Å². The minimum absolute atomic E-state index is 0.130. The van der Waals surface area contributed by atoms with Gasteiger partial charge >= 0.3 is 5.97 Å². The first-order valence-corrected chi connectivity index (χ1v) is 6.18. The van der Waals surface area contributed by atoms with Crippen molar-refractivity contribution in [1.29, 1.82) is 0 Å². The largest absolute Gasteiger partial charge is 0.467 e. The summed E-state index contributed by atoms with van der Waals surface area (Å²) in [7, 11) is 1.36. The van der Waals surface area contributed by atoms with Gasteiger partial charge in [-0.05, 0) is 30.5 Å². The molecule has 0 aliphatic rings. The van der Waals surface area contributed by atoms with Gasteiger partial charge in [0, 0.05) is 5.69 Å². The molecule has 1 N–H and O–H groups in total. The molecule has 0 saturated heterocycles. The summed E-state index contributed by atoms with van der Waals surface area (Å²) in [5.41, 5.74) is 0.591. The van der Waals surface area contributed by atoms with Crippen molar-refractivity contribution < 1.29 is 13.9 Å². The number of benzene rings is 1. The zero-order valence-corrected chi connectivity index (χ0v) is 11.1. The molecule has 0 amide bonds. The van der Waals surface area contributed by atoms with E-state index in [4.69, 9.17) is 4.74 Å². The zero-order chi connectivity index (χ0) is 13.5. The minimum atomic E-state index is -0.447. The second kappa shape index (κ2) is 6.99. The number of rotatable bonds is 6. The first-order chi connectivity index (χ1) is 8.58. The second-order valence-corrected chi connectivity index (χ2v) is 4.42. The summed E-state index contributed by atoms with van der Waals surface area (Å²) in [5, 5.41) is 3.04. The number of esters is 1. The quantitative estimate of drug-likeness (QED) is 0.791. The SMILES string of the molecule is CCCC(C)C(Nc1cccc(F)c1)C(=O)OC. The van der Waals surface area contributed by atoms with E-state index >= 15 is 0 Å². The van der Waals surface area contributed by atoms with Gasteiger partial charge in [0.2, 0.25) is 0 Å². The maximum atomic E-state index is 13.1. The maximum Gasteiger partial charge on any atom is 0.328 e. The Labute approximate surface area is 107 Å². The third-order valence-electron chi connectivity index (χ3n) is 2.91. The van der Waals surface area contributed by atoms with Crippen molar-refractivity contribution in [2.24, 2.45) is 5.92 Å². The molecule has 0 fully saturated rings. The zero-order valence-electron chi connectivity index (χ0n) is 11.1. The summed E-state index contributed by atoms with van der Waals surface area (Å²) in [4.78, 5) is 11.7. The number of carbonyl (C=O) groups excluding carboxylic acids is 1. The standard InChI is InChI=1S/C14H20FNO2/c1-4-6-10(2)13(14(17)18-3)16-12-8-5-7-11(15)9-12/h5,7-10,13,16H,4,6H2,1-3H3. The van der Waals surface area contributed by atoms with Crippen LogP contribution in [0.3, 0.4) is 0 Å². The van der Waals surface area contributed by atoms with E-state index in [-0.39, 0.29) is 17.7 Å². The topological polar surface area (TPSA) is 38.3 Å². The molecule has 0 radical (unpaired) electrons. The molecular weight excluding hydrogens is 233 g/mol. The first kappa shape index (κ1) is 14.5. The Bertz CT molecular complexity index is 395. The molecule has 0 spiro atoms. The van der Waals surface area contributed by atoms with E-state index < -0.39 is 6.04 Å². The summed E-state index contributed by atoms with van der Waals surface area (Å²) < 4.78 is 17.9. The van der Waals surface area contributed by atoms with Crippen LogP contribution in [0.25, 0.3) is 0 Å². The van der Waals surface area contributed by atoms with E-state index in [2.05, 4.69) is 12.2 Å². The summed E-state index contributed by atoms with van der Waals surface area (Å²) in [6.07, 6.45) is 1.89. The van der Waals surface area contributed by atoms with Crippen molar-refractivity contribution in [2.45, 2.75) is 32.7 Å². The molecule has 4 heteroatoms. The minimum Gasteiger partial charge on any atom is -0.467 e. The van der Waals surface area contributed by atoms with Crippen LogP contribution in [0.5, 0.6) is 0 Å². The molecule has 0 heterocycles. The van der Waals surface area contributed by atoms with Crippen molar-refractivity contribution in [3.63, 3.8) is 0 Å². The van der Waals surface area contributed by atoms with Crippen molar-refractivity contribution in [1.82, 2.24) is 0 Å². The molecule has 2 atom stereocenters. The number of methoxy groups -OCH3 is 1. The van der Waals surface area contributed by atoms with Crippen LogP contribution < -0.4 is 5.32 Å². The Morgan fingerprint density at radius 3 is 2.78 bits per heavy atom. The highest BCUT2D eigenvalue weighted by atomic mass is 19.1. The second-order valence-electron chi connectivity index (χ2n) is 4.42. The number of halogens is 1. The van der Waals surface area contributed by atoms with Crippen molar-refractivity contribution >= 4 is 11.7 Å². The van der Waals surface area contributed by atoms with Crippen molar-refractivity contribution in [2.75, 3.05) is 12.4 Å². The van der Waals surface area contributed by atoms with Gasteiger partial charge in [0.05, 0.1) is 7.11 Å². The molecule has 18 heavy (non-hydrogen) atoms. The van der Waals surface area contributed by atoms with Gasteiger partial charge in [-0.25, -0.2) is 9.18 Å². The molecule has 2 unspecified atom stereocenters. The number of anilines is 1. The van der Waals surface area contributed by atoms with Crippen LogP contribution in [0.15, 0.2) is 24.3 Å². The van der Waals surface area contributed by atoms with E-state index in [0.29, 0.717) is 5.69 Å². The lowest BCUT2D eigenvalue weighted by molar-refractivity contribution is -0.142. The van der Waals surface area contributed by atoms with Gasteiger partial charge in [-0.2, -0.15) is 0 Å². The monoisotopic (exact) mass is 253 g/mol. The van der Waals surface area contributed by atoms with Gasteiger partial charge in [0.1, 0.15) is 11.9 Å². The van der Waals surface area contributed by atoms with Crippen LogP contribution in [0, 0.1) is 11.7 Å². The van der Waals surface area contributed by atoms with Crippen LogP contribution in [-0.2, 0) is 9.53 Å². The Kier molecular flexibility index (Phi) is 5.62. The molecule has 0 aliphatic heterocycles. The predicted octanol–water partition coefficient (Wildman–Crippen LogP) is 3.22. The Morgan fingerprint density at radius 1 is 1.50 bits per heavy atom. The van der Waals surface area contributed by atoms with E-state index in [1.54, 1.807) is 12.1 Å². The smallest absolute Gasteiger partial charge is 0.328 e. The number of nitrogens with one attached hydrogen (secondary N) is 1. The molecule has 0 saturated carbocycles. The van der Waals surface area contributed by atoms with E-state index in [1.807, 2.05) is 6.92 Å². The fourth-order valence-corrected chi connectivity index (χ4v) is 1.94. The van der Waals surface area contributed by atoms with Gasteiger partial charge < -0.3 is 10.1 Å². The number of carbonyl (C=O) groups is 1. The summed E-state index contributed by atoms with van der Waals surface area (Å²) in [5.74, 6) is -0.516. The number of ether oxygens (including phenoxy) is 1. The van der Waals surface area contributed by atoms with Gasteiger partial charge in [0.25, 0.3) is 0 Å². The fraction of sp³-hybridized carbons (Fsp3) is 0.500. The third-order valence-corrected chi connectivity index (χ3v) is 2.91. The predicted molar refractivity (Wildman–Crippen MR) is 69.9 cm³/mol. The summed E-state index contributed by atoms with van der Waals surface area (Å²) >= 11 is 0. The average molecular weight is 253 g/mol. The molecule has 0 bridgehead atoms. The number of hydrogen-bond donors (Lipinski definition) is 1. The average Bonchev–Trinajstić information content (AvgIpc) is 2.35. The maximum absolute atomic E-state index is 13.1. The van der Waals surface area contributed by atoms with Crippen LogP contribution in [0.4, 0.5) is 10.1 Å². The van der Waals surface area contributed by atoms with Crippen LogP contribution >= 0.6 is 0 Å². The molecule has 100 valence electrons. The van der Waals surface area contributed by atoms with E-state index in [1.165, 1.54) is 19.2 Å². The molecule has 3 nitrogen and oxygen atoms in total. The lowest BCUT2D eigenvalue weighted by atomic mass is 9.96. The van der Waals surface area contributed by atoms with Crippen LogP contribution in [-0.4, -0.2) is 19.1 Å². The van der Waals surface area contributed by atoms with Crippen LogP contribution in [0.1, 0.15) is 26.7 Å². The molecule has 0 aliphatic carbocycles. The normalized spacial score (nSPS) is 13.8. The molecule has 1 aromatic rings.